The molecule has 0 unspecified atom stereocenters. The molecule has 106 valence electrons. The number of nitrogens with one attached hydrogen (secondary N) is 1. The molecule has 0 aliphatic rings. The summed E-state index contributed by atoms with van der Waals surface area (Å²) in [4.78, 5) is 4.59. The predicted molar refractivity (Wildman–Crippen MR) is 85.8 cm³/mol. The summed E-state index contributed by atoms with van der Waals surface area (Å²) in [5, 5.41) is 4.23. The van der Waals surface area contributed by atoms with Crippen molar-refractivity contribution in [2.24, 2.45) is 0 Å². The average Bonchev–Trinajstić information content (AvgIpc) is 2.49. The molecule has 1 aromatic heterocycles. The van der Waals surface area contributed by atoms with Crippen LogP contribution in [-0.4, -0.2) is 12.0 Å². The van der Waals surface area contributed by atoms with Gasteiger partial charge in [0, 0.05) is 17.6 Å². The lowest BCUT2D eigenvalue weighted by molar-refractivity contribution is 0.486. The fourth-order valence-electron chi connectivity index (χ4n) is 2.35. The smallest absolute Gasteiger partial charge is 0.153 e. The number of benzene rings is 2. The minimum Gasteiger partial charge on any atom is -0.455 e. The summed E-state index contributed by atoms with van der Waals surface area (Å²) in [6.07, 6.45) is 0. The van der Waals surface area contributed by atoms with Crippen LogP contribution in [0, 0.1) is 6.92 Å². The molecule has 0 fully saturated rings. The van der Waals surface area contributed by atoms with Crippen LogP contribution in [0.2, 0.25) is 0 Å². The number of fused-ring (bicyclic) bond motifs is 1. The molecule has 0 saturated carbocycles. The van der Waals surface area contributed by atoms with Gasteiger partial charge in [0.2, 0.25) is 0 Å². The molecule has 0 radical (unpaired) electrons. The summed E-state index contributed by atoms with van der Waals surface area (Å²) in [7, 11) is 1.94. The van der Waals surface area contributed by atoms with Gasteiger partial charge in [0.25, 0.3) is 0 Å². The van der Waals surface area contributed by atoms with Gasteiger partial charge >= 0.3 is 0 Å². The van der Waals surface area contributed by atoms with E-state index < -0.39 is 0 Å². The molecule has 0 aliphatic heterocycles. The van der Waals surface area contributed by atoms with Crippen molar-refractivity contribution in [2.45, 2.75) is 13.5 Å². The molecule has 2 aromatic carbocycles. The van der Waals surface area contributed by atoms with Crippen LogP contribution in [0.25, 0.3) is 10.9 Å². The van der Waals surface area contributed by atoms with Crippen molar-refractivity contribution in [3.8, 4) is 11.5 Å². The van der Waals surface area contributed by atoms with Crippen LogP contribution in [0.5, 0.6) is 11.5 Å². The van der Waals surface area contributed by atoms with E-state index in [0.717, 1.165) is 34.6 Å². The van der Waals surface area contributed by atoms with Crippen LogP contribution in [0.15, 0.2) is 54.6 Å². The molecule has 0 atom stereocenters. The minimum absolute atomic E-state index is 0.790. The van der Waals surface area contributed by atoms with E-state index in [0.29, 0.717) is 0 Å². The first-order chi connectivity index (χ1) is 10.3. The molecule has 0 aliphatic carbocycles. The molecule has 3 heteroatoms. The zero-order chi connectivity index (χ0) is 14.7. The van der Waals surface area contributed by atoms with Crippen LogP contribution < -0.4 is 10.1 Å². The Morgan fingerprint density at radius 1 is 1.05 bits per heavy atom. The Kier molecular flexibility index (Phi) is 3.84. The highest BCUT2D eigenvalue weighted by Gasteiger charge is 2.05. The molecule has 1 heterocycles. The van der Waals surface area contributed by atoms with Gasteiger partial charge in [-0.15, -0.1) is 0 Å². The third-order valence-corrected chi connectivity index (χ3v) is 3.33. The van der Waals surface area contributed by atoms with Crippen molar-refractivity contribution in [3.05, 3.63) is 65.9 Å². The fourth-order valence-corrected chi connectivity index (χ4v) is 2.35. The Hall–Kier alpha value is -2.39. The highest BCUT2D eigenvalue weighted by molar-refractivity contribution is 5.84. The summed E-state index contributed by atoms with van der Waals surface area (Å²) >= 11 is 0. The minimum atomic E-state index is 0.790. The van der Waals surface area contributed by atoms with Gasteiger partial charge in [-0.1, -0.05) is 30.3 Å². The van der Waals surface area contributed by atoms with Crippen molar-refractivity contribution in [2.75, 3.05) is 7.05 Å². The Morgan fingerprint density at radius 3 is 2.76 bits per heavy atom. The normalized spacial score (nSPS) is 10.8. The van der Waals surface area contributed by atoms with Crippen molar-refractivity contribution >= 4 is 10.9 Å². The number of rotatable bonds is 4. The zero-order valence-corrected chi connectivity index (χ0v) is 12.3. The van der Waals surface area contributed by atoms with Gasteiger partial charge in [-0.05, 0) is 43.8 Å². The van der Waals surface area contributed by atoms with E-state index >= 15 is 0 Å². The second kappa shape index (κ2) is 5.94. The van der Waals surface area contributed by atoms with Crippen LogP contribution in [0.1, 0.15) is 11.3 Å². The monoisotopic (exact) mass is 278 g/mol. The first-order valence-corrected chi connectivity index (χ1v) is 7.04. The number of para-hydroxylation sites is 1. The van der Waals surface area contributed by atoms with Gasteiger partial charge in [-0.25, -0.2) is 4.98 Å². The third-order valence-electron chi connectivity index (χ3n) is 3.33. The summed E-state index contributed by atoms with van der Waals surface area (Å²) in [5.74, 6) is 1.62. The van der Waals surface area contributed by atoms with E-state index in [1.54, 1.807) is 0 Å². The Labute approximate surface area is 124 Å². The topological polar surface area (TPSA) is 34.1 Å². The number of ether oxygens (including phenoxy) is 1. The molecule has 3 aromatic rings. The summed E-state index contributed by atoms with van der Waals surface area (Å²) in [6, 6.07) is 18.2. The Morgan fingerprint density at radius 2 is 1.90 bits per heavy atom. The lowest BCUT2D eigenvalue weighted by atomic mass is 10.2. The molecule has 21 heavy (non-hydrogen) atoms. The van der Waals surface area contributed by atoms with Crippen molar-refractivity contribution < 1.29 is 4.74 Å². The van der Waals surface area contributed by atoms with Gasteiger partial charge in [-0.3, -0.25) is 0 Å². The maximum atomic E-state index is 6.04. The predicted octanol–water partition coefficient (Wildman–Crippen LogP) is 4.05. The van der Waals surface area contributed by atoms with Crippen LogP contribution in [0.4, 0.5) is 0 Å². The number of hydrogen-bond acceptors (Lipinski definition) is 3. The highest BCUT2D eigenvalue weighted by Crippen LogP contribution is 2.29. The molecule has 0 amide bonds. The highest BCUT2D eigenvalue weighted by atomic mass is 16.5. The second-order valence-corrected chi connectivity index (χ2v) is 5.06. The van der Waals surface area contributed by atoms with E-state index in [4.69, 9.17) is 4.74 Å². The lowest BCUT2D eigenvalue weighted by Gasteiger charge is -2.10. The Bertz CT molecular complexity index is 768. The maximum absolute atomic E-state index is 6.04. The molecular formula is C18H18N2O. The molecular weight excluding hydrogens is 260 g/mol. The van der Waals surface area contributed by atoms with Gasteiger partial charge < -0.3 is 10.1 Å². The van der Waals surface area contributed by atoms with Crippen molar-refractivity contribution in [1.82, 2.24) is 10.3 Å². The SMILES string of the molecule is CNCc1cccc(Oc2cccc3ccc(C)nc23)c1. The summed E-state index contributed by atoms with van der Waals surface area (Å²) < 4.78 is 6.04. The fraction of sp³-hybridized carbons (Fsp3) is 0.167. The number of aryl methyl sites for hydroxylation is 1. The van der Waals surface area contributed by atoms with Crippen LogP contribution in [0.3, 0.4) is 0 Å². The Balaban J connectivity index is 1.98. The average molecular weight is 278 g/mol. The number of nitrogens with zero attached hydrogens (tertiary/aromatic N) is 1. The van der Waals surface area contributed by atoms with Gasteiger partial charge in [0.1, 0.15) is 11.3 Å². The largest absolute Gasteiger partial charge is 0.455 e. The van der Waals surface area contributed by atoms with Crippen molar-refractivity contribution in [1.29, 1.82) is 0 Å². The molecule has 0 spiro atoms. The van der Waals surface area contributed by atoms with E-state index in [-0.39, 0.29) is 0 Å². The molecule has 3 rings (SSSR count). The summed E-state index contributed by atoms with van der Waals surface area (Å²) in [5.41, 5.74) is 3.08. The molecule has 0 bridgehead atoms. The van der Waals surface area contributed by atoms with Crippen LogP contribution >= 0.6 is 0 Å². The third kappa shape index (κ3) is 3.03. The number of pyridine rings is 1. The zero-order valence-electron chi connectivity index (χ0n) is 12.3. The lowest BCUT2D eigenvalue weighted by Crippen LogP contribution is -2.04. The van der Waals surface area contributed by atoms with Crippen LogP contribution in [-0.2, 0) is 6.54 Å². The standard InChI is InChI=1S/C18H18N2O/c1-13-9-10-15-6-4-8-17(18(15)20-13)21-16-7-3-5-14(11-16)12-19-2/h3-11,19H,12H2,1-2H3. The van der Waals surface area contributed by atoms with Crippen molar-refractivity contribution in [3.63, 3.8) is 0 Å². The molecule has 0 saturated heterocycles. The molecule has 3 nitrogen and oxygen atoms in total. The van der Waals surface area contributed by atoms with E-state index in [2.05, 4.69) is 22.4 Å². The number of hydrogen-bond donors (Lipinski definition) is 1. The quantitative estimate of drug-likeness (QED) is 0.781. The molecule has 1 N–H and O–H groups in total. The van der Waals surface area contributed by atoms with E-state index in [1.165, 1.54) is 5.56 Å². The summed E-state index contributed by atoms with van der Waals surface area (Å²) in [6.45, 7) is 2.81. The second-order valence-electron chi connectivity index (χ2n) is 5.06. The van der Waals surface area contributed by atoms with Gasteiger partial charge in [0.15, 0.2) is 5.75 Å². The first kappa shape index (κ1) is 13.6. The van der Waals surface area contributed by atoms with E-state index in [9.17, 15) is 0 Å². The first-order valence-electron chi connectivity index (χ1n) is 7.04. The van der Waals surface area contributed by atoms with E-state index in [1.807, 2.05) is 56.4 Å². The van der Waals surface area contributed by atoms with Gasteiger partial charge in [-0.2, -0.15) is 0 Å². The van der Waals surface area contributed by atoms with Gasteiger partial charge in [0.05, 0.1) is 0 Å². The number of aromatic nitrogens is 1. The maximum Gasteiger partial charge on any atom is 0.153 e.